The standard InChI is InChI=1S/C8H14N2OS/c1-6(2)10-8(12)4-7(9-10)5-11-3/h4,6,9H,5H2,1-3H3. The molecule has 1 N–H and O–H groups in total. The lowest BCUT2D eigenvalue weighted by Gasteiger charge is -2.05. The average Bonchev–Trinajstić information content (AvgIpc) is 2.32. The molecule has 0 unspecified atom stereocenters. The Hall–Kier alpha value is -0.610. The third-order valence-electron chi connectivity index (χ3n) is 1.62. The van der Waals surface area contributed by atoms with Gasteiger partial charge in [0.1, 0.15) is 4.64 Å². The second-order valence-corrected chi connectivity index (χ2v) is 3.43. The van der Waals surface area contributed by atoms with Crippen molar-refractivity contribution in [2.24, 2.45) is 0 Å². The van der Waals surface area contributed by atoms with Crippen LogP contribution in [0, 0.1) is 4.64 Å². The van der Waals surface area contributed by atoms with Crippen LogP contribution in [0.15, 0.2) is 6.07 Å². The molecule has 0 amide bonds. The van der Waals surface area contributed by atoms with Crippen molar-refractivity contribution in [2.75, 3.05) is 7.11 Å². The van der Waals surface area contributed by atoms with Crippen LogP contribution in [0.4, 0.5) is 0 Å². The molecule has 0 aliphatic carbocycles. The van der Waals surface area contributed by atoms with Crippen molar-refractivity contribution in [3.05, 3.63) is 16.4 Å². The van der Waals surface area contributed by atoms with Gasteiger partial charge in [-0.25, -0.2) is 0 Å². The second-order valence-electron chi connectivity index (χ2n) is 3.02. The molecule has 0 bridgehead atoms. The monoisotopic (exact) mass is 186 g/mol. The van der Waals surface area contributed by atoms with Gasteiger partial charge in [0.2, 0.25) is 0 Å². The molecule has 4 heteroatoms. The van der Waals surface area contributed by atoms with E-state index >= 15 is 0 Å². The minimum Gasteiger partial charge on any atom is -0.378 e. The summed E-state index contributed by atoms with van der Waals surface area (Å²) in [6.45, 7) is 4.76. The van der Waals surface area contributed by atoms with E-state index in [1.165, 1.54) is 0 Å². The predicted octanol–water partition coefficient (Wildman–Crippen LogP) is 2.27. The maximum atomic E-state index is 5.14. The molecule has 0 aromatic carbocycles. The largest absolute Gasteiger partial charge is 0.378 e. The van der Waals surface area contributed by atoms with Crippen LogP contribution < -0.4 is 0 Å². The SMILES string of the molecule is COCc1cc(=S)n(C(C)C)[nH]1. The lowest BCUT2D eigenvalue weighted by Crippen LogP contribution is -2.03. The third-order valence-corrected chi connectivity index (χ3v) is 1.93. The topological polar surface area (TPSA) is 29.9 Å². The van der Waals surface area contributed by atoms with E-state index in [-0.39, 0.29) is 0 Å². The number of methoxy groups -OCH3 is 1. The van der Waals surface area contributed by atoms with Crippen molar-refractivity contribution >= 4 is 12.2 Å². The number of H-pyrrole nitrogens is 1. The van der Waals surface area contributed by atoms with Gasteiger partial charge in [-0.3, -0.25) is 9.78 Å². The number of nitrogens with zero attached hydrogens (tertiary/aromatic N) is 1. The molecular formula is C8H14N2OS. The third kappa shape index (κ3) is 1.95. The zero-order chi connectivity index (χ0) is 9.14. The van der Waals surface area contributed by atoms with Gasteiger partial charge in [0.05, 0.1) is 12.3 Å². The number of ether oxygens (including phenoxy) is 1. The van der Waals surface area contributed by atoms with Crippen molar-refractivity contribution in [1.82, 2.24) is 9.78 Å². The number of nitrogens with one attached hydrogen (secondary N) is 1. The minimum atomic E-state index is 0.378. The van der Waals surface area contributed by atoms with Crippen LogP contribution in [0.25, 0.3) is 0 Å². The van der Waals surface area contributed by atoms with Crippen LogP contribution >= 0.6 is 12.2 Å². The molecule has 3 nitrogen and oxygen atoms in total. The van der Waals surface area contributed by atoms with Gasteiger partial charge in [0.15, 0.2) is 0 Å². The lowest BCUT2D eigenvalue weighted by molar-refractivity contribution is 0.180. The highest BCUT2D eigenvalue weighted by Crippen LogP contribution is 2.07. The Labute approximate surface area is 77.3 Å². The van der Waals surface area contributed by atoms with Gasteiger partial charge in [-0.15, -0.1) is 0 Å². The van der Waals surface area contributed by atoms with Gasteiger partial charge in [0.25, 0.3) is 0 Å². The molecule has 0 fully saturated rings. The van der Waals surface area contributed by atoms with Gasteiger partial charge >= 0.3 is 0 Å². The minimum absolute atomic E-state index is 0.378. The van der Waals surface area contributed by atoms with E-state index in [0.29, 0.717) is 12.6 Å². The Morgan fingerprint density at radius 1 is 1.67 bits per heavy atom. The zero-order valence-corrected chi connectivity index (χ0v) is 8.44. The fourth-order valence-corrected chi connectivity index (χ4v) is 1.47. The van der Waals surface area contributed by atoms with Gasteiger partial charge < -0.3 is 4.74 Å². The van der Waals surface area contributed by atoms with E-state index in [0.717, 1.165) is 10.3 Å². The van der Waals surface area contributed by atoms with E-state index in [2.05, 4.69) is 18.9 Å². The lowest BCUT2D eigenvalue weighted by atomic mass is 10.4. The molecule has 1 heterocycles. The first-order chi connectivity index (χ1) is 5.65. The number of hydrogen-bond donors (Lipinski definition) is 1. The summed E-state index contributed by atoms with van der Waals surface area (Å²) in [6.07, 6.45) is 0. The summed E-state index contributed by atoms with van der Waals surface area (Å²) < 4.78 is 7.76. The molecule has 1 aromatic heterocycles. The molecule has 0 saturated heterocycles. The van der Waals surface area contributed by atoms with Crippen LogP contribution in [0.3, 0.4) is 0 Å². The first-order valence-corrected chi connectivity index (χ1v) is 4.35. The van der Waals surface area contributed by atoms with Crippen LogP contribution in [0.5, 0.6) is 0 Å². The maximum Gasteiger partial charge on any atom is 0.122 e. The van der Waals surface area contributed by atoms with Crippen molar-refractivity contribution in [3.63, 3.8) is 0 Å². The van der Waals surface area contributed by atoms with Crippen LogP contribution in [-0.4, -0.2) is 16.9 Å². The Kier molecular flexibility index (Phi) is 3.05. The summed E-state index contributed by atoms with van der Waals surface area (Å²) in [5.41, 5.74) is 1.02. The highest BCUT2D eigenvalue weighted by atomic mass is 32.1. The van der Waals surface area contributed by atoms with E-state index in [1.54, 1.807) is 7.11 Å². The second kappa shape index (κ2) is 3.87. The Morgan fingerprint density at radius 3 is 2.75 bits per heavy atom. The van der Waals surface area contributed by atoms with Gasteiger partial charge in [-0.05, 0) is 19.9 Å². The summed E-state index contributed by atoms with van der Waals surface area (Å²) in [5.74, 6) is 0. The quantitative estimate of drug-likeness (QED) is 0.734. The van der Waals surface area contributed by atoms with Gasteiger partial charge in [-0.2, -0.15) is 0 Å². The number of aromatic nitrogens is 2. The summed E-state index contributed by atoms with van der Waals surface area (Å²) in [6, 6.07) is 2.31. The van der Waals surface area contributed by atoms with Crippen molar-refractivity contribution in [2.45, 2.75) is 26.5 Å². The van der Waals surface area contributed by atoms with Crippen LogP contribution in [0.2, 0.25) is 0 Å². The maximum absolute atomic E-state index is 5.14. The Balaban J connectivity index is 2.93. The van der Waals surface area contributed by atoms with E-state index in [9.17, 15) is 0 Å². The fraction of sp³-hybridized carbons (Fsp3) is 0.625. The van der Waals surface area contributed by atoms with E-state index in [1.807, 2.05) is 10.7 Å². The molecule has 0 saturated carbocycles. The van der Waals surface area contributed by atoms with Gasteiger partial charge in [0, 0.05) is 13.2 Å². The summed E-state index contributed by atoms with van der Waals surface area (Å²) in [7, 11) is 1.67. The predicted molar refractivity (Wildman–Crippen MR) is 50.7 cm³/mol. The first kappa shape index (κ1) is 9.48. The normalized spacial score (nSPS) is 11.0. The molecule has 12 heavy (non-hydrogen) atoms. The smallest absolute Gasteiger partial charge is 0.122 e. The molecule has 1 aromatic rings. The number of aromatic amines is 1. The molecule has 0 atom stereocenters. The van der Waals surface area contributed by atoms with Crippen molar-refractivity contribution in [3.8, 4) is 0 Å². The fourth-order valence-electron chi connectivity index (χ4n) is 1.07. The van der Waals surface area contributed by atoms with Crippen molar-refractivity contribution in [1.29, 1.82) is 0 Å². The number of hydrogen-bond acceptors (Lipinski definition) is 2. The molecule has 0 aliphatic heterocycles. The van der Waals surface area contributed by atoms with Crippen LogP contribution in [-0.2, 0) is 11.3 Å². The van der Waals surface area contributed by atoms with Crippen LogP contribution in [0.1, 0.15) is 25.6 Å². The zero-order valence-electron chi connectivity index (χ0n) is 7.63. The molecular weight excluding hydrogens is 172 g/mol. The summed E-state index contributed by atoms with van der Waals surface area (Å²) in [5, 5.41) is 3.17. The van der Waals surface area contributed by atoms with E-state index in [4.69, 9.17) is 17.0 Å². The van der Waals surface area contributed by atoms with Gasteiger partial charge in [-0.1, -0.05) is 12.2 Å². The molecule has 0 radical (unpaired) electrons. The molecule has 1 rings (SSSR count). The van der Waals surface area contributed by atoms with Crippen molar-refractivity contribution < 1.29 is 4.74 Å². The average molecular weight is 186 g/mol. The summed E-state index contributed by atoms with van der Waals surface area (Å²) in [4.78, 5) is 0. The Morgan fingerprint density at radius 2 is 2.33 bits per heavy atom. The molecule has 0 spiro atoms. The molecule has 68 valence electrons. The highest BCUT2D eigenvalue weighted by Gasteiger charge is 2.01. The highest BCUT2D eigenvalue weighted by molar-refractivity contribution is 7.71. The number of rotatable bonds is 3. The van der Waals surface area contributed by atoms with E-state index < -0.39 is 0 Å². The molecule has 0 aliphatic rings. The Bertz CT molecular complexity index is 300. The first-order valence-electron chi connectivity index (χ1n) is 3.94. The summed E-state index contributed by atoms with van der Waals surface area (Å²) >= 11 is 5.14.